The Kier molecular flexibility index (Phi) is 8.06. The number of rotatable bonds is 10. The second-order valence-electron chi connectivity index (χ2n) is 6.23. The topological polar surface area (TPSA) is 76.1 Å². The Balaban J connectivity index is 1.53. The van der Waals surface area contributed by atoms with E-state index in [4.69, 9.17) is 4.74 Å². The third-order valence-electron chi connectivity index (χ3n) is 4.15. The quantitative estimate of drug-likeness (QED) is 0.392. The molecule has 7 heteroatoms. The lowest BCUT2D eigenvalue weighted by atomic mass is 10.1. The van der Waals surface area contributed by atoms with Crippen LogP contribution in [0.15, 0.2) is 61.1 Å². The summed E-state index contributed by atoms with van der Waals surface area (Å²) >= 11 is 1.41. The van der Waals surface area contributed by atoms with Crippen molar-refractivity contribution in [3.05, 3.63) is 72.2 Å². The first-order chi connectivity index (χ1) is 14.3. The first-order valence-corrected chi connectivity index (χ1v) is 10.2. The maximum absolute atomic E-state index is 12.3. The molecule has 2 aromatic heterocycles. The summed E-state index contributed by atoms with van der Waals surface area (Å²) in [5.41, 5.74) is 3.79. The Bertz CT molecular complexity index is 924. The molecule has 1 amide bonds. The zero-order chi connectivity index (χ0) is 20.3. The van der Waals surface area contributed by atoms with Gasteiger partial charge in [0.2, 0.25) is 5.91 Å². The minimum Gasteiger partial charge on any atom is -0.380 e. The fourth-order valence-corrected chi connectivity index (χ4v) is 3.34. The summed E-state index contributed by atoms with van der Waals surface area (Å²) in [5.74, 6) is -0.188. The fourth-order valence-electron chi connectivity index (χ4n) is 2.70. The van der Waals surface area contributed by atoms with E-state index >= 15 is 0 Å². The summed E-state index contributed by atoms with van der Waals surface area (Å²) in [6.07, 6.45) is 8.53. The molecular weight excluding hydrogens is 384 g/mol. The minimum absolute atomic E-state index is 0.188. The molecule has 0 atom stereocenters. The Morgan fingerprint density at radius 3 is 2.79 bits per heavy atom. The summed E-state index contributed by atoms with van der Waals surface area (Å²) in [7, 11) is 0. The Labute approximate surface area is 174 Å². The highest BCUT2D eigenvalue weighted by atomic mass is 32.1. The van der Waals surface area contributed by atoms with Gasteiger partial charge in [0.1, 0.15) is 0 Å². The Morgan fingerprint density at radius 1 is 1.17 bits per heavy atom. The van der Waals surface area contributed by atoms with Crippen LogP contribution in [0.3, 0.4) is 0 Å². The summed E-state index contributed by atoms with van der Waals surface area (Å²) in [5, 5.41) is 6.20. The smallest absolute Gasteiger partial charge is 0.248 e. The number of carbonyl (C=O) groups excluding carboxylic acids is 1. The second kappa shape index (κ2) is 11.2. The lowest BCUT2D eigenvalue weighted by molar-refractivity contribution is -0.111. The van der Waals surface area contributed by atoms with Crippen molar-refractivity contribution in [3.8, 4) is 10.4 Å². The number of pyridine rings is 1. The van der Waals surface area contributed by atoms with Gasteiger partial charge in [-0.1, -0.05) is 12.1 Å². The molecule has 150 valence electrons. The van der Waals surface area contributed by atoms with Crippen LogP contribution in [0.2, 0.25) is 0 Å². The fraction of sp³-hybridized carbons (Fsp3) is 0.227. The molecule has 0 aliphatic heterocycles. The Morgan fingerprint density at radius 2 is 2.03 bits per heavy atom. The van der Waals surface area contributed by atoms with Gasteiger partial charge in [-0.05, 0) is 54.4 Å². The maximum atomic E-state index is 12.3. The number of nitrogens with zero attached hydrogens (tertiary/aromatic N) is 2. The number of nitrogens with one attached hydrogen (secondary N) is 2. The van der Waals surface area contributed by atoms with Crippen LogP contribution in [-0.2, 0) is 16.1 Å². The van der Waals surface area contributed by atoms with Crippen molar-refractivity contribution >= 4 is 29.2 Å². The van der Waals surface area contributed by atoms with E-state index in [0.717, 1.165) is 47.0 Å². The molecule has 0 spiro atoms. The van der Waals surface area contributed by atoms with Crippen LogP contribution in [0.1, 0.15) is 18.1 Å². The van der Waals surface area contributed by atoms with Crippen LogP contribution >= 0.6 is 11.5 Å². The zero-order valence-corrected chi connectivity index (χ0v) is 17.1. The van der Waals surface area contributed by atoms with Gasteiger partial charge < -0.3 is 15.4 Å². The lowest BCUT2D eigenvalue weighted by Gasteiger charge is -2.07. The molecule has 0 unspecified atom stereocenters. The molecule has 29 heavy (non-hydrogen) atoms. The van der Waals surface area contributed by atoms with Gasteiger partial charge in [-0.15, -0.1) is 0 Å². The number of amides is 1. The monoisotopic (exact) mass is 408 g/mol. The Hall–Kier alpha value is -2.87. The van der Waals surface area contributed by atoms with Crippen molar-refractivity contribution in [1.82, 2.24) is 14.7 Å². The highest BCUT2D eigenvalue weighted by Crippen LogP contribution is 2.26. The van der Waals surface area contributed by atoms with Crippen LogP contribution in [0.25, 0.3) is 16.5 Å². The summed E-state index contributed by atoms with van der Waals surface area (Å²) in [4.78, 5) is 17.5. The van der Waals surface area contributed by atoms with Crippen molar-refractivity contribution in [3.63, 3.8) is 0 Å². The number of anilines is 1. The molecule has 0 fully saturated rings. The van der Waals surface area contributed by atoms with E-state index in [1.807, 2.05) is 43.3 Å². The maximum Gasteiger partial charge on any atom is 0.248 e. The molecule has 3 rings (SSSR count). The van der Waals surface area contributed by atoms with Crippen LogP contribution in [-0.4, -0.2) is 35.0 Å². The average molecular weight is 409 g/mol. The van der Waals surface area contributed by atoms with E-state index in [9.17, 15) is 4.79 Å². The molecule has 2 heterocycles. The molecule has 2 N–H and O–H groups in total. The number of benzene rings is 1. The molecule has 0 aliphatic carbocycles. The van der Waals surface area contributed by atoms with Gasteiger partial charge >= 0.3 is 0 Å². The lowest BCUT2D eigenvalue weighted by Crippen LogP contribution is -2.19. The van der Waals surface area contributed by atoms with Gasteiger partial charge in [0.05, 0.1) is 11.5 Å². The molecule has 3 aromatic rings. The number of hydrogen-bond donors (Lipinski definition) is 2. The first-order valence-electron chi connectivity index (χ1n) is 9.48. The number of aromatic nitrogens is 2. The van der Waals surface area contributed by atoms with Gasteiger partial charge in [-0.25, -0.2) is 4.37 Å². The molecule has 6 nitrogen and oxygen atoms in total. The highest BCUT2D eigenvalue weighted by molar-refractivity contribution is 7.09. The standard InChI is InChI=1S/C22H24N4O2S/c1-2-28-14-13-24-15-17-3-6-19(7-4-17)26-22(27)8-5-18-16-23-11-9-20(18)21-10-12-25-29-21/h3-12,16,24H,2,13-15H2,1H3,(H,26,27)/b8-5+. The molecular formula is C22H24N4O2S. The third-order valence-corrected chi connectivity index (χ3v) is 4.93. The van der Waals surface area contributed by atoms with Crippen LogP contribution in [0.5, 0.6) is 0 Å². The largest absolute Gasteiger partial charge is 0.380 e. The van der Waals surface area contributed by atoms with Crippen LogP contribution < -0.4 is 10.6 Å². The van der Waals surface area contributed by atoms with Crippen LogP contribution in [0.4, 0.5) is 5.69 Å². The second-order valence-corrected chi connectivity index (χ2v) is 7.07. The van der Waals surface area contributed by atoms with Crippen molar-refractivity contribution in [2.75, 3.05) is 25.1 Å². The normalized spacial score (nSPS) is 11.1. The molecule has 0 radical (unpaired) electrons. The molecule has 1 aromatic carbocycles. The predicted molar refractivity (Wildman–Crippen MR) is 118 cm³/mol. The van der Waals surface area contributed by atoms with Crippen molar-refractivity contribution < 1.29 is 9.53 Å². The van der Waals surface area contributed by atoms with E-state index < -0.39 is 0 Å². The third kappa shape index (κ3) is 6.60. The van der Waals surface area contributed by atoms with Gasteiger partial charge in [-0.3, -0.25) is 9.78 Å². The van der Waals surface area contributed by atoms with Crippen molar-refractivity contribution in [2.45, 2.75) is 13.5 Å². The van der Waals surface area contributed by atoms with Gasteiger partial charge in [0.15, 0.2) is 0 Å². The van der Waals surface area contributed by atoms with Gasteiger partial charge in [-0.2, -0.15) is 0 Å². The van der Waals surface area contributed by atoms with E-state index in [0.29, 0.717) is 6.61 Å². The molecule has 0 saturated heterocycles. The number of ether oxygens (including phenoxy) is 1. The average Bonchev–Trinajstić information content (AvgIpc) is 3.28. The minimum atomic E-state index is -0.188. The SMILES string of the molecule is CCOCCNCc1ccc(NC(=O)/C=C/c2cnccc2-c2ccns2)cc1. The van der Waals surface area contributed by atoms with E-state index in [1.54, 1.807) is 24.7 Å². The molecule has 0 aliphatic rings. The number of hydrogen-bond acceptors (Lipinski definition) is 6. The number of carbonyl (C=O) groups is 1. The van der Waals surface area contributed by atoms with Gasteiger partial charge in [0, 0.05) is 61.2 Å². The highest BCUT2D eigenvalue weighted by Gasteiger charge is 2.05. The van der Waals surface area contributed by atoms with E-state index in [2.05, 4.69) is 20.0 Å². The summed E-state index contributed by atoms with van der Waals surface area (Å²) in [6.45, 7) is 5.01. The van der Waals surface area contributed by atoms with E-state index in [1.165, 1.54) is 17.6 Å². The van der Waals surface area contributed by atoms with Crippen LogP contribution in [0, 0.1) is 0 Å². The van der Waals surface area contributed by atoms with E-state index in [-0.39, 0.29) is 5.91 Å². The summed E-state index contributed by atoms with van der Waals surface area (Å²) in [6, 6.07) is 11.7. The predicted octanol–water partition coefficient (Wildman–Crippen LogP) is 3.98. The molecule has 0 saturated carbocycles. The van der Waals surface area contributed by atoms with Crippen molar-refractivity contribution in [2.24, 2.45) is 0 Å². The first kappa shape index (κ1) is 20.9. The molecule has 0 bridgehead atoms. The van der Waals surface area contributed by atoms with Crippen molar-refractivity contribution in [1.29, 1.82) is 0 Å². The van der Waals surface area contributed by atoms with Gasteiger partial charge in [0.25, 0.3) is 0 Å². The summed E-state index contributed by atoms with van der Waals surface area (Å²) < 4.78 is 9.43. The zero-order valence-electron chi connectivity index (χ0n) is 16.3.